The van der Waals surface area contributed by atoms with Crippen LogP contribution in [-0.2, 0) is 9.53 Å². The molecule has 0 spiro atoms. The number of hydrogen-bond acceptors (Lipinski definition) is 4. The Labute approximate surface area is 162 Å². The Morgan fingerprint density at radius 1 is 1.30 bits per heavy atom. The zero-order valence-corrected chi connectivity index (χ0v) is 17.0. The first-order valence-electron chi connectivity index (χ1n) is 9.93. The van der Waals surface area contributed by atoms with E-state index in [1.54, 1.807) is 7.11 Å². The summed E-state index contributed by atoms with van der Waals surface area (Å²) in [6.07, 6.45) is 1.62. The highest BCUT2D eigenvalue weighted by Crippen LogP contribution is 2.26. The molecule has 0 aliphatic carbocycles. The van der Waals surface area contributed by atoms with Gasteiger partial charge in [0.25, 0.3) is 0 Å². The van der Waals surface area contributed by atoms with Gasteiger partial charge in [-0.3, -0.25) is 9.79 Å². The van der Waals surface area contributed by atoms with E-state index in [4.69, 9.17) is 14.5 Å². The van der Waals surface area contributed by atoms with Gasteiger partial charge in [0.15, 0.2) is 5.96 Å². The van der Waals surface area contributed by atoms with Gasteiger partial charge in [-0.05, 0) is 38.3 Å². The van der Waals surface area contributed by atoms with Crippen LogP contribution >= 0.6 is 0 Å². The van der Waals surface area contributed by atoms with Crippen LogP contribution in [0.3, 0.4) is 0 Å². The van der Waals surface area contributed by atoms with Gasteiger partial charge in [0.2, 0.25) is 0 Å². The SMILES string of the molecule is CCNC(=NCC(C)c1ccccc1OC)N1CCC(C(=O)OCC)CC1. The lowest BCUT2D eigenvalue weighted by molar-refractivity contribution is -0.149. The van der Waals surface area contributed by atoms with E-state index in [2.05, 4.69) is 30.1 Å². The summed E-state index contributed by atoms with van der Waals surface area (Å²) in [6.45, 7) is 9.68. The fourth-order valence-corrected chi connectivity index (χ4v) is 3.41. The number of rotatable bonds is 7. The number of guanidine groups is 1. The van der Waals surface area contributed by atoms with E-state index in [1.807, 2.05) is 25.1 Å². The number of benzene rings is 1. The van der Waals surface area contributed by atoms with Crippen LogP contribution < -0.4 is 10.1 Å². The minimum atomic E-state index is -0.0658. The van der Waals surface area contributed by atoms with Crippen molar-refractivity contribution in [1.29, 1.82) is 0 Å². The van der Waals surface area contributed by atoms with Crippen molar-refractivity contribution >= 4 is 11.9 Å². The summed E-state index contributed by atoms with van der Waals surface area (Å²) in [5, 5.41) is 3.39. The lowest BCUT2D eigenvalue weighted by Gasteiger charge is -2.33. The number of para-hydroxylation sites is 1. The lowest BCUT2D eigenvalue weighted by Crippen LogP contribution is -2.46. The van der Waals surface area contributed by atoms with Gasteiger partial charge in [0, 0.05) is 32.1 Å². The van der Waals surface area contributed by atoms with Gasteiger partial charge in [0.1, 0.15) is 5.75 Å². The molecule has 1 aromatic rings. The van der Waals surface area contributed by atoms with Crippen molar-refractivity contribution in [3.8, 4) is 5.75 Å². The second kappa shape index (κ2) is 10.8. The predicted octanol–water partition coefficient (Wildman–Crippen LogP) is 3.04. The van der Waals surface area contributed by atoms with E-state index < -0.39 is 0 Å². The summed E-state index contributed by atoms with van der Waals surface area (Å²) < 4.78 is 10.6. The van der Waals surface area contributed by atoms with Crippen LogP contribution in [0.2, 0.25) is 0 Å². The standard InChI is InChI=1S/C21H33N3O3/c1-5-22-21(24-13-11-17(12-14-24)20(25)27-6-2)23-15-16(3)18-9-7-8-10-19(18)26-4/h7-10,16-17H,5-6,11-15H2,1-4H3,(H,22,23). The Bertz CT molecular complexity index is 625. The van der Waals surface area contributed by atoms with Crippen molar-refractivity contribution in [1.82, 2.24) is 10.2 Å². The summed E-state index contributed by atoms with van der Waals surface area (Å²) in [5.74, 6) is 2.02. The first-order valence-corrected chi connectivity index (χ1v) is 9.93. The van der Waals surface area contributed by atoms with E-state index in [-0.39, 0.29) is 17.8 Å². The molecule has 0 aromatic heterocycles. The number of ether oxygens (including phenoxy) is 2. The molecule has 0 saturated carbocycles. The molecule has 2 rings (SSSR count). The van der Waals surface area contributed by atoms with Crippen molar-refractivity contribution in [3.05, 3.63) is 29.8 Å². The van der Waals surface area contributed by atoms with Gasteiger partial charge in [0.05, 0.1) is 19.6 Å². The number of methoxy groups -OCH3 is 1. The number of esters is 1. The molecule has 0 bridgehead atoms. The molecule has 6 nitrogen and oxygen atoms in total. The van der Waals surface area contributed by atoms with Crippen molar-refractivity contribution in [2.45, 2.75) is 39.5 Å². The molecule has 0 radical (unpaired) electrons. The van der Waals surface area contributed by atoms with Gasteiger partial charge >= 0.3 is 5.97 Å². The van der Waals surface area contributed by atoms with E-state index >= 15 is 0 Å². The average molecular weight is 376 g/mol. The molecule has 27 heavy (non-hydrogen) atoms. The number of carbonyl (C=O) groups excluding carboxylic acids is 1. The van der Waals surface area contributed by atoms with Crippen molar-refractivity contribution in [3.63, 3.8) is 0 Å². The number of nitrogens with zero attached hydrogens (tertiary/aromatic N) is 2. The van der Waals surface area contributed by atoms with Gasteiger partial charge in [-0.2, -0.15) is 0 Å². The molecule has 1 aliphatic rings. The third-order valence-electron chi connectivity index (χ3n) is 4.93. The minimum Gasteiger partial charge on any atom is -0.496 e. The monoisotopic (exact) mass is 375 g/mol. The highest BCUT2D eigenvalue weighted by atomic mass is 16.5. The Morgan fingerprint density at radius 3 is 2.63 bits per heavy atom. The van der Waals surface area contributed by atoms with Crippen LogP contribution in [0.1, 0.15) is 45.1 Å². The Balaban J connectivity index is 1.99. The topological polar surface area (TPSA) is 63.2 Å². The highest BCUT2D eigenvalue weighted by Gasteiger charge is 2.27. The molecule has 1 aromatic carbocycles. The normalized spacial score (nSPS) is 16.7. The van der Waals surface area contributed by atoms with Crippen molar-refractivity contribution in [2.75, 3.05) is 39.9 Å². The molecule has 0 amide bonds. The number of aliphatic imine (C=N–C) groups is 1. The molecular weight excluding hydrogens is 342 g/mol. The van der Waals surface area contributed by atoms with Crippen LogP contribution in [0.5, 0.6) is 5.75 Å². The molecule has 1 saturated heterocycles. The summed E-state index contributed by atoms with van der Waals surface area (Å²) in [6, 6.07) is 8.09. The molecule has 1 heterocycles. The van der Waals surface area contributed by atoms with E-state index in [1.165, 1.54) is 5.56 Å². The second-order valence-electron chi connectivity index (χ2n) is 6.85. The number of carbonyl (C=O) groups is 1. The Kier molecular flexibility index (Phi) is 8.43. The smallest absolute Gasteiger partial charge is 0.309 e. The molecule has 150 valence electrons. The quantitative estimate of drug-likeness (QED) is 0.451. The Morgan fingerprint density at radius 2 is 2.00 bits per heavy atom. The molecule has 1 unspecified atom stereocenters. The van der Waals surface area contributed by atoms with E-state index in [9.17, 15) is 4.79 Å². The maximum atomic E-state index is 11.9. The summed E-state index contributed by atoms with van der Waals surface area (Å²) >= 11 is 0. The second-order valence-corrected chi connectivity index (χ2v) is 6.85. The van der Waals surface area contributed by atoms with E-state index in [0.717, 1.165) is 44.2 Å². The predicted molar refractivity (Wildman–Crippen MR) is 108 cm³/mol. The molecule has 1 atom stereocenters. The zero-order chi connectivity index (χ0) is 19.6. The molecule has 1 N–H and O–H groups in total. The van der Waals surface area contributed by atoms with Gasteiger partial charge in [-0.15, -0.1) is 0 Å². The first-order chi connectivity index (χ1) is 13.1. The maximum absolute atomic E-state index is 11.9. The number of piperidine rings is 1. The highest BCUT2D eigenvalue weighted by molar-refractivity contribution is 5.80. The molecule has 1 aliphatic heterocycles. The maximum Gasteiger partial charge on any atom is 0.309 e. The zero-order valence-electron chi connectivity index (χ0n) is 17.0. The van der Waals surface area contributed by atoms with Crippen LogP contribution in [-0.4, -0.2) is 56.7 Å². The van der Waals surface area contributed by atoms with Crippen LogP contribution in [0.25, 0.3) is 0 Å². The summed E-state index contributed by atoms with van der Waals surface area (Å²) in [7, 11) is 1.70. The van der Waals surface area contributed by atoms with E-state index in [0.29, 0.717) is 13.2 Å². The van der Waals surface area contributed by atoms with Crippen molar-refractivity contribution < 1.29 is 14.3 Å². The fraction of sp³-hybridized carbons (Fsp3) is 0.619. The summed E-state index contributed by atoms with van der Waals surface area (Å²) in [4.78, 5) is 19.0. The van der Waals surface area contributed by atoms with Gasteiger partial charge < -0.3 is 19.7 Å². The first kappa shape index (κ1) is 21.1. The number of nitrogens with one attached hydrogen (secondary N) is 1. The molecule has 6 heteroatoms. The lowest BCUT2D eigenvalue weighted by atomic mass is 9.97. The largest absolute Gasteiger partial charge is 0.496 e. The van der Waals surface area contributed by atoms with Crippen molar-refractivity contribution in [2.24, 2.45) is 10.9 Å². The number of hydrogen-bond donors (Lipinski definition) is 1. The molecular formula is C21H33N3O3. The minimum absolute atomic E-state index is 0.0107. The van der Waals surface area contributed by atoms with Crippen LogP contribution in [0.4, 0.5) is 0 Å². The van der Waals surface area contributed by atoms with Gasteiger partial charge in [-0.25, -0.2) is 0 Å². The third-order valence-corrected chi connectivity index (χ3v) is 4.93. The number of likely N-dealkylation sites (tertiary alicyclic amines) is 1. The summed E-state index contributed by atoms with van der Waals surface area (Å²) in [5.41, 5.74) is 1.17. The third kappa shape index (κ3) is 5.88. The van der Waals surface area contributed by atoms with Crippen LogP contribution in [0, 0.1) is 5.92 Å². The fourth-order valence-electron chi connectivity index (χ4n) is 3.41. The van der Waals surface area contributed by atoms with Gasteiger partial charge in [-0.1, -0.05) is 25.1 Å². The Hall–Kier alpha value is -2.24. The molecule has 1 fully saturated rings. The average Bonchev–Trinajstić information content (AvgIpc) is 2.71. The van der Waals surface area contributed by atoms with Crippen LogP contribution in [0.15, 0.2) is 29.3 Å².